The van der Waals surface area contributed by atoms with Gasteiger partial charge in [0.2, 0.25) is 5.82 Å². The molecule has 6 heteroatoms. The Hall–Kier alpha value is -2.71. The van der Waals surface area contributed by atoms with Gasteiger partial charge in [-0.2, -0.15) is 5.10 Å². The zero-order valence-electron chi connectivity index (χ0n) is 11.4. The third-order valence-corrected chi connectivity index (χ3v) is 3.29. The maximum atomic E-state index is 12.9. The molecule has 3 aromatic rings. The van der Waals surface area contributed by atoms with Crippen LogP contribution in [0.5, 0.6) is 0 Å². The second-order valence-corrected chi connectivity index (χ2v) is 4.81. The van der Waals surface area contributed by atoms with Crippen LogP contribution in [0.1, 0.15) is 17.0 Å². The molecule has 0 spiro atoms. The van der Waals surface area contributed by atoms with E-state index in [1.807, 2.05) is 0 Å². The van der Waals surface area contributed by atoms with Crippen molar-refractivity contribution in [1.29, 1.82) is 0 Å². The van der Waals surface area contributed by atoms with Crippen molar-refractivity contribution < 1.29 is 4.39 Å². The lowest BCUT2D eigenvalue weighted by Crippen LogP contribution is -2.01. The lowest BCUT2D eigenvalue weighted by atomic mass is 10.2. The molecule has 0 unspecified atom stereocenters. The molecular weight excluding hydrogens is 303 g/mol. The second kappa shape index (κ2) is 6.37. The molecule has 0 radical (unpaired) electrons. The highest BCUT2D eigenvalue weighted by atomic mass is 35.5. The lowest BCUT2D eigenvalue weighted by Gasteiger charge is -2.03. The van der Waals surface area contributed by atoms with E-state index >= 15 is 0 Å². The molecule has 0 saturated carbocycles. The topological polar surface area (TPSA) is 43.6 Å². The van der Waals surface area contributed by atoms with Crippen molar-refractivity contribution in [2.45, 2.75) is 6.54 Å². The van der Waals surface area contributed by atoms with Gasteiger partial charge in [-0.15, -0.1) is 0 Å². The molecule has 4 nitrogen and oxygen atoms in total. The van der Waals surface area contributed by atoms with Crippen LogP contribution in [0.25, 0.3) is 0 Å². The first-order chi connectivity index (χ1) is 10.7. The van der Waals surface area contributed by atoms with Crippen LogP contribution in [0.15, 0.2) is 48.9 Å². The third-order valence-electron chi connectivity index (χ3n) is 2.90. The van der Waals surface area contributed by atoms with E-state index < -0.39 is 0 Å². The first kappa shape index (κ1) is 14.2. The van der Waals surface area contributed by atoms with Gasteiger partial charge in [0.1, 0.15) is 11.0 Å². The van der Waals surface area contributed by atoms with Crippen molar-refractivity contribution in [1.82, 2.24) is 19.7 Å². The normalized spacial score (nSPS) is 10.1. The van der Waals surface area contributed by atoms with Gasteiger partial charge < -0.3 is 0 Å². The molecular formula is C16H10ClFN4. The summed E-state index contributed by atoms with van der Waals surface area (Å²) in [7, 11) is 0. The predicted octanol–water partition coefficient (Wildman–Crippen LogP) is 2.91. The summed E-state index contributed by atoms with van der Waals surface area (Å²) in [6.45, 7) is 0.447. The van der Waals surface area contributed by atoms with Crippen LogP contribution in [0, 0.1) is 17.7 Å². The predicted molar refractivity (Wildman–Crippen MR) is 80.8 cm³/mol. The smallest absolute Gasteiger partial charge is 0.205 e. The van der Waals surface area contributed by atoms with Gasteiger partial charge in [0, 0.05) is 12.4 Å². The van der Waals surface area contributed by atoms with Crippen LogP contribution in [0.3, 0.4) is 0 Å². The van der Waals surface area contributed by atoms with Crippen molar-refractivity contribution in [2.75, 3.05) is 0 Å². The molecule has 0 N–H and O–H groups in total. The van der Waals surface area contributed by atoms with Crippen molar-refractivity contribution in [2.24, 2.45) is 0 Å². The fourth-order valence-corrected chi connectivity index (χ4v) is 2.01. The first-order valence-corrected chi connectivity index (χ1v) is 6.85. The van der Waals surface area contributed by atoms with E-state index in [-0.39, 0.29) is 5.82 Å². The van der Waals surface area contributed by atoms with Crippen molar-refractivity contribution >= 4 is 11.6 Å². The molecule has 2 aromatic heterocycles. The van der Waals surface area contributed by atoms with Gasteiger partial charge in [-0.3, -0.25) is 0 Å². The molecule has 1 aromatic carbocycles. The summed E-state index contributed by atoms with van der Waals surface area (Å²) in [5.74, 6) is 5.87. The second-order valence-electron chi connectivity index (χ2n) is 4.46. The fourth-order valence-electron chi connectivity index (χ4n) is 1.81. The summed E-state index contributed by atoms with van der Waals surface area (Å²) >= 11 is 6.25. The van der Waals surface area contributed by atoms with E-state index in [1.165, 1.54) is 12.1 Å². The molecule has 0 aliphatic rings. The van der Waals surface area contributed by atoms with E-state index in [1.54, 1.807) is 41.5 Å². The Balaban J connectivity index is 1.80. The summed E-state index contributed by atoms with van der Waals surface area (Å²) < 4.78 is 14.5. The van der Waals surface area contributed by atoms with Crippen LogP contribution in [-0.4, -0.2) is 19.7 Å². The van der Waals surface area contributed by atoms with E-state index in [0.717, 1.165) is 5.56 Å². The van der Waals surface area contributed by atoms with Gasteiger partial charge >= 0.3 is 0 Å². The minimum absolute atomic E-state index is 0.273. The average Bonchev–Trinajstić information content (AvgIpc) is 2.89. The maximum Gasteiger partial charge on any atom is 0.205 e. The Kier molecular flexibility index (Phi) is 4.12. The quantitative estimate of drug-likeness (QED) is 0.683. The zero-order valence-corrected chi connectivity index (χ0v) is 12.1. The third kappa shape index (κ3) is 3.30. The van der Waals surface area contributed by atoms with E-state index in [4.69, 9.17) is 11.6 Å². The summed E-state index contributed by atoms with van der Waals surface area (Å²) in [6.07, 6.45) is 4.83. The van der Waals surface area contributed by atoms with Crippen LogP contribution < -0.4 is 0 Å². The molecule has 0 aliphatic heterocycles. The summed E-state index contributed by atoms with van der Waals surface area (Å²) in [5, 5.41) is 4.62. The number of rotatable bonds is 2. The Morgan fingerprint density at radius 2 is 1.82 bits per heavy atom. The number of hydrogen-bond donors (Lipinski definition) is 0. The van der Waals surface area contributed by atoms with Crippen LogP contribution >= 0.6 is 11.6 Å². The number of nitrogens with zero attached hydrogens (tertiary/aromatic N) is 4. The van der Waals surface area contributed by atoms with Crippen LogP contribution in [-0.2, 0) is 6.54 Å². The van der Waals surface area contributed by atoms with Gasteiger partial charge in [0.15, 0.2) is 0 Å². The van der Waals surface area contributed by atoms with Gasteiger partial charge in [-0.05, 0) is 29.7 Å². The maximum absolute atomic E-state index is 12.9. The largest absolute Gasteiger partial charge is 0.248 e. The number of hydrogen-bond acceptors (Lipinski definition) is 3. The van der Waals surface area contributed by atoms with E-state index in [2.05, 4.69) is 26.9 Å². The van der Waals surface area contributed by atoms with Crippen molar-refractivity contribution in [3.05, 3.63) is 76.8 Å². The molecule has 0 atom stereocenters. The highest BCUT2D eigenvalue weighted by molar-refractivity contribution is 6.30. The van der Waals surface area contributed by atoms with Crippen molar-refractivity contribution in [3.8, 4) is 11.8 Å². The molecule has 3 rings (SSSR count). The fraction of sp³-hybridized carbons (Fsp3) is 0.0625. The minimum Gasteiger partial charge on any atom is -0.248 e. The van der Waals surface area contributed by atoms with Gasteiger partial charge in [-0.25, -0.2) is 19.0 Å². The van der Waals surface area contributed by atoms with Crippen LogP contribution in [0.2, 0.25) is 5.15 Å². The first-order valence-electron chi connectivity index (χ1n) is 6.47. The molecule has 22 heavy (non-hydrogen) atoms. The van der Waals surface area contributed by atoms with Gasteiger partial charge in [-0.1, -0.05) is 29.7 Å². The summed E-state index contributed by atoms with van der Waals surface area (Å²) in [5.41, 5.74) is 1.49. The standard InChI is InChI=1S/C16H10ClFN4/c17-16-13(4-7-15-19-8-1-9-20-15)10-21-22(16)11-12-2-5-14(18)6-3-12/h1-3,5-6,8-10H,11H2. The van der Waals surface area contributed by atoms with E-state index in [0.29, 0.717) is 23.1 Å². The average molecular weight is 313 g/mol. The molecule has 108 valence electrons. The minimum atomic E-state index is -0.273. The molecule has 0 aliphatic carbocycles. The number of benzene rings is 1. The molecule has 2 heterocycles. The Labute approximate surface area is 131 Å². The Morgan fingerprint density at radius 3 is 2.55 bits per heavy atom. The Morgan fingerprint density at radius 1 is 1.09 bits per heavy atom. The van der Waals surface area contributed by atoms with Gasteiger partial charge in [0.25, 0.3) is 0 Å². The Bertz CT molecular complexity index is 832. The highest BCUT2D eigenvalue weighted by Gasteiger charge is 2.07. The molecule has 0 saturated heterocycles. The van der Waals surface area contributed by atoms with Crippen LogP contribution in [0.4, 0.5) is 4.39 Å². The zero-order chi connectivity index (χ0) is 15.4. The number of halogens is 2. The van der Waals surface area contributed by atoms with Gasteiger partial charge in [0.05, 0.1) is 18.3 Å². The SMILES string of the molecule is Fc1ccc(Cn2ncc(C#Cc3ncccn3)c2Cl)cc1. The lowest BCUT2D eigenvalue weighted by molar-refractivity contribution is 0.624. The summed E-state index contributed by atoms with van der Waals surface area (Å²) in [6, 6.07) is 7.91. The molecule has 0 fully saturated rings. The number of aromatic nitrogens is 4. The molecule has 0 bridgehead atoms. The molecule has 0 amide bonds. The monoisotopic (exact) mass is 312 g/mol. The van der Waals surface area contributed by atoms with Crippen molar-refractivity contribution in [3.63, 3.8) is 0 Å². The van der Waals surface area contributed by atoms with E-state index in [9.17, 15) is 4.39 Å². The highest BCUT2D eigenvalue weighted by Crippen LogP contribution is 2.16. The summed E-state index contributed by atoms with van der Waals surface area (Å²) in [4.78, 5) is 8.03.